The van der Waals surface area contributed by atoms with Crippen molar-refractivity contribution in [1.29, 1.82) is 0 Å². The number of hydrogen-bond donors (Lipinski definition) is 3. The number of carbonyl (C=O) groups excluding carboxylic acids is 4. The first-order valence-corrected chi connectivity index (χ1v) is 13.2. The number of aromatic nitrogens is 1. The van der Waals surface area contributed by atoms with Crippen LogP contribution in [-0.2, 0) is 24.0 Å². The molecule has 13 heteroatoms. The quantitative estimate of drug-likeness (QED) is 0.239. The van der Waals surface area contributed by atoms with E-state index in [9.17, 15) is 24.0 Å². The number of carboxylic acids is 1. The van der Waals surface area contributed by atoms with Gasteiger partial charge in [-0.2, -0.15) is 0 Å². The third-order valence-corrected chi connectivity index (χ3v) is 6.82. The lowest BCUT2D eigenvalue weighted by molar-refractivity contribution is -0.156. The molecule has 1 aliphatic rings. The van der Waals surface area contributed by atoms with E-state index in [1.54, 1.807) is 26.0 Å². The Morgan fingerprint density at radius 3 is 2.18 bits per heavy atom. The number of amides is 1. The van der Waals surface area contributed by atoms with Crippen molar-refractivity contribution in [2.45, 2.75) is 83.6 Å². The zero-order valence-corrected chi connectivity index (χ0v) is 23.6. The number of thiocarbonyl (C=S) groups is 1. The Morgan fingerprint density at radius 2 is 1.72 bits per heavy atom. The van der Waals surface area contributed by atoms with Crippen LogP contribution in [0.25, 0.3) is 0 Å². The lowest BCUT2D eigenvalue weighted by Gasteiger charge is -2.46. The third kappa shape index (κ3) is 6.65. The molecule has 1 saturated heterocycles. The van der Waals surface area contributed by atoms with Gasteiger partial charge in [0, 0.05) is 30.8 Å². The highest BCUT2D eigenvalue weighted by atomic mass is 32.1. The van der Waals surface area contributed by atoms with Gasteiger partial charge in [-0.1, -0.05) is 13.0 Å². The zero-order valence-electron chi connectivity index (χ0n) is 22.8. The number of carboxylic acid groups (broad SMARTS) is 1. The fourth-order valence-corrected chi connectivity index (χ4v) is 5.27. The number of carbonyl (C=O) groups is 5. The minimum absolute atomic E-state index is 0.0659. The number of hydrogen-bond acceptors (Lipinski definition) is 10. The summed E-state index contributed by atoms with van der Waals surface area (Å²) < 4.78 is 5.73. The molecule has 4 atom stereocenters. The molecular weight excluding hydrogens is 526 g/mol. The van der Waals surface area contributed by atoms with Crippen LogP contribution in [0, 0.1) is 5.92 Å². The average Bonchev–Trinajstić information content (AvgIpc) is 3.35. The summed E-state index contributed by atoms with van der Waals surface area (Å²) in [6.07, 6.45) is 1.55. The molecule has 214 valence electrons. The summed E-state index contributed by atoms with van der Waals surface area (Å²) >= 11 is 5.54. The summed E-state index contributed by atoms with van der Waals surface area (Å²) in [7, 11) is 0. The fraction of sp³-hybridized carbons (Fsp3) is 0.577. The second-order valence-corrected chi connectivity index (χ2v) is 10.4. The standard InChI is InChI=1S/C26H37N5O7S/c1-14(2)31(25(39)38-19-10-6-7-11-29-19)26(21(34)16(4)27,22(35)17(5)28)23(36)18-9-8-12-30(18)24(37)15(3)13-20(32)33/h6-7,10-11,14-18H,8-9,12-13,27-28H2,1-5H3,(H,32,33)/t15?,16-,17-,18-/m0/s1. The van der Waals surface area contributed by atoms with Gasteiger partial charge in [0.15, 0.2) is 17.3 Å². The van der Waals surface area contributed by atoms with Crippen LogP contribution < -0.4 is 16.2 Å². The predicted molar refractivity (Wildman–Crippen MR) is 146 cm³/mol. The number of rotatable bonds is 12. The number of ketones is 3. The lowest BCUT2D eigenvalue weighted by Crippen LogP contribution is -2.75. The molecule has 1 amide bonds. The van der Waals surface area contributed by atoms with E-state index in [1.165, 1.54) is 37.9 Å². The van der Waals surface area contributed by atoms with Crippen LogP contribution in [0.15, 0.2) is 24.4 Å². The number of nitrogens with zero attached hydrogens (tertiary/aromatic N) is 3. The van der Waals surface area contributed by atoms with Crippen LogP contribution in [0.2, 0.25) is 0 Å². The molecule has 2 rings (SSSR count). The van der Waals surface area contributed by atoms with Crippen LogP contribution >= 0.6 is 12.2 Å². The van der Waals surface area contributed by atoms with Crippen LogP contribution in [0.3, 0.4) is 0 Å². The van der Waals surface area contributed by atoms with E-state index in [0.717, 1.165) is 4.90 Å². The monoisotopic (exact) mass is 563 g/mol. The molecule has 0 radical (unpaired) electrons. The Balaban J connectivity index is 2.74. The molecule has 39 heavy (non-hydrogen) atoms. The maximum absolute atomic E-state index is 14.6. The maximum atomic E-state index is 14.6. The molecule has 1 unspecified atom stereocenters. The van der Waals surface area contributed by atoms with E-state index in [-0.39, 0.29) is 24.0 Å². The Labute approximate surface area is 233 Å². The number of Topliss-reactive ketones (excluding diaryl/α,β-unsaturated/α-hetero) is 3. The SMILES string of the molecule is CC(CC(=O)O)C(=O)N1CCC[C@H]1C(=O)C(C(=O)[C@H](C)N)(C(=O)[C@H](C)N)N(C(=S)Oc1ccccn1)C(C)C. The van der Waals surface area contributed by atoms with Crippen molar-refractivity contribution in [2.24, 2.45) is 17.4 Å². The minimum Gasteiger partial charge on any atom is -0.481 e. The van der Waals surface area contributed by atoms with E-state index < -0.39 is 71.3 Å². The summed E-state index contributed by atoms with van der Waals surface area (Å²) in [6, 6.07) is 0.240. The summed E-state index contributed by atoms with van der Waals surface area (Å²) in [5.74, 6) is -5.44. The summed E-state index contributed by atoms with van der Waals surface area (Å²) in [6.45, 7) is 7.50. The number of ether oxygens (including phenoxy) is 1. The smallest absolute Gasteiger partial charge is 0.304 e. The molecule has 2 heterocycles. The first-order valence-electron chi connectivity index (χ1n) is 12.8. The zero-order chi connectivity index (χ0) is 29.7. The topological polar surface area (TPSA) is 186 Å². The highest BCUT2D eigenvalue weighted by Gasteiger charge is 2.62. The molecule has 1 aromatic heterocycles. The lowest BCUT2D eigenvalue weighted by atomic mass is 9.74. The van der Waals surface area contributed by atoms with Gasteiger partial charge in [-0.25, -0.2) is 4.98 Å². The first-order chi connectivity index (χ1) is 18.2. The normalized spacial score (nSPS) is 17.7. The molecule has 12 nitrogen and oxygen atoms in total. The van der Waals surface area contributed by atoms with E-state index in [2.05, 4.69) is 4.98 Å². The van der Waals surface area contributed by atoms with Crippen LogP contribution in [0.4, 0.5) is 0 Å². The van der Waals surface area contributed by atoms with Gasteiger partial charge < -0.3 is 31.1 Å². The van der Waals surface area contributed by atoms with Gasteiger partial charge in [0.05, 0.1) is 24.5 Å². The van der Waals surface area contributed by atoms with Gasteiger partial charge in [-0.15, -0.1) is 0 Å². The highest BCUT2D eigenvalue weighted by molar-refractivity contribution is 7.80. The first kappa shape index (κ1) is 31.9. The van der Waals surface area contributed by atoms with Crippen molar-refractivity contribution in [3.8, 4) is 5.88 Å². The number of likely N-dealkylation sites (tertiary alicyclic amines) is 1. The average molecular weight is 564 g/mol. The molecule has 0 spiro atoms. The van der Waals surface area contributed by atoms with Gasteiger partial charge in [-0.05, 0) is 58.8 Å². The third-order valence-electron chi connectivity index (χ3n) is 6.54. The number of nitrogens with two attached hydrogens (primary N) is 2. The highest BCUT2D eigenvalue weighted by Crippen LogP contribution is 2.33. The van der Waals surface area contributed by atoms with Gasteiger partial charge >= 0.3 is 5.97 Å². The van der Waals surface area contributed by atoms with E-state index in [0.29, 0.717) is 6.42 Å². The van der Waals surface area contributed by atoms with E-state index in [4.69, 9.17) is 33.5 Å². The van der Waals surface area contributed by atoms with Crippen molar-refractivity contribution >= 4 is 46.6 Å². The second kappa shape index (κ2) is 13.2. The van der Waals surface area contributed by atoms with Gasteiger partial charge in [0.25, 0.3) is 5.17 Å². The molecule has 1 aliphatic heterocycles. The van der Waals surface area contributed by atoms with Crippen molar-refractivity contribution < 1.29 is 33.8 Å². The van der Waals surface area contributed by atoms with Crippen LogP contribution in [0.1, 0.15) is 53.9 Å². The molecule has 0 aromatic carbocycles. The molecule has 5 N–H and O–H groups in total. The van der Waals surface area contributed by atoms with Crippen LogP contribution in [0.5, 0.6) is 5.88 Å². The van der Waals surface area contributed by atoms with Crippen LogP contribution in [-0.4, -0.2) is 90.5 Å². The summed E-state index contributed by atoms with van der Waals surface area (Å²) in [5.41, 5.74) is 9.42. The maximum Gasteiger partial charge on any atom is 0.304 e. The van der Waals surface area contributed by atoms with Crippen molar-refractivity contribution in [2.75, 3.05) is 6.54 Å². The summed E-state index contributed by atoms with van der Waals surface area (Å²) in [4.78, 5) is 73.4. The molecule has 0 saturated carbocycles. The Hall–Kier alpha value is -3.29. The van der Waals surface area contributed by atoms with Crippen molar-refractivity contribution in [3.05, 3.63) is 24.4 Å². The minimum atomic E-state index is -2.62. The van der Waals surface area contributed by atoms with Crippen molar-refractivity contribution in [1.82, 2.24) is 14.8 Å². The Kier molecular flexibility index (Phi) is 10.8. The van der Waals surface area contributed by atoms with E-state index >= 15 is 0 Å². The van der Waals surface area contributed by atoms with Gasteiger partial charge in [-0.3, -0.25) is 24.0 Å². The van der Waals surface area contributed by atoms with E-state index in [1.807, 2.05) is 0 Å². The van der Waals surface area contributed by atoms with Crippen molar-refractivity contribution in [3.63, 3.8) is 0 Å². The molecule has 0 aliphatic carbocycles. The summed E-state index contributed by atoms with van der Waals surface area (Å²) in [5, 5.41) is 8.79. The largest absolute Gasteiger partial charge is 0.481 e. The molecule has 0 bridgehead atoms. The number of pyridine rings is 1. The molecular formula is C26H37N5O7S. The molecule has 1 aromatic rings. The predicted octanol–water partition coefficient (Wildman–Crippen LogP) is 0.698. The molecule has 1 fully saturated rings. The number of aliphatic carboxylic acids is 1. The van der Waals surface area contributed by atoms with Gasteiger partial charge in [0.1, 0.15) is 0 Å². The second-order valence-electron chi connectivity index (χ2n) is 10.1. The fourth-order valence-electron chi connectivity index (χ4n) is 4.84. The Morgan fingerprint density at radius 1 is 1.13 bits per heavy atom. The van der Waals surface area contributed by atoms with Gasteiger partial charge in [0.2, 0.25) is 17.3 Å². The Bertz CT molecular complexity index is 1090.